The number of imidazole rings is 1. The third-order valence-corrected chi connectivity index (χ3v) is 4.20. The molecule has 0 aliphatic rings. The largest absolute Gasteiger partial charge is 0.493 e. The Balaban J connectivity index is 2.05. The zero-order valence-corrected chi connectivity index (χ0v) is 14.9. The molecule has 0 bridgehead atoms. The van der Waals surface area contributed by atoms with Crippen molar-refractivity contribution < 1.29 is 24.5 Å². The van der Waals surface area contributed by atoms with Crippen molar-refractivity contribution in [1.82, 2.24) is 19.9 Å². The molecule has 2 aromatic heterocycles. The Hall–Kier alpha value is -3.69. The van der Waals surface area contributed by atoms with Crippen molar-refractivity contribution in [3.05, 3.63) is 40.4 Å². The molecule has 1 atom stereocenters. The van der Waals surface area contributed by atoms with Crippen molar-refractivity contribution in [3.63, 3.8) is 0 Å². The van der Waals surface area contributed by atoms with Crippen molar-refractivity contribution in [1.29, 1.82) is 0 Å². The Bertz CT molecular complexity index is 1090. The first kappa shape index (κ1) is 19.1. The molecule has 0 saturated heterocycles. The van der Waals surface area contributed by atoms with E-state index in [0.717, 1.165) is 0 Å². The molecule has 28 heavy (non-hydrogen) atoms. The van der Waals surface area contributed by atoms with Crippen LogP contribution >= 0.6 is 0 Å². The molecular formula is C18H18N4O6. The summed E-state index contributed by atoms with van der Waals surface area (Å²) in [5.41, 5.74) is 0.973. The van der Waals surface area contributed by atoms with Crippen LogP contribution in [-0.4, -0.2) is 48.7 Å². The first-order valence-electron chi connectivity index (χ1n) is 8.55. The smallest absolute Gasteiger partial charge is 0.310 e. The maximum atomic E-state index is 12.2. The van der Waals surface area contributed by atoms with Gasteiger partial charge in [-0.25, -0.2) is 9.97 Å². The molecule has 0 aliphatic carbocycles. The van der Waals surface area contributed by atoms with Crippen LogP contribution in [0.2, 0.25) is 0 Å². The van der Waals surface area contributed by atoms with Crippen LogP contribution in [0.4, 0.5) is 0 Å². The van der Waals surface area contributed by atoms with Crippen molar-refractivity contribution in [3.8, 4) is 17.1 Å². The molecule has 0 saturated carbocycles. The molecule has 0 amide bonds. The van der Waals surface area contributed by atoms with Crippen molar-refractivity contribution in [2.24, 2.45) is 0 Å². The van der Waals surface area contributed by atoms with Crippen LogP contribution in [0, 0.1) is 0 Å². The molecule has 1 aromatic carbocycles. The van der Waals surface area contributed by atoms with Crippen LogP contribution in [0.5, 0.6) is 5.75 Å². The number of rotatable bonds is 8. The minimum atomic E-state index is -1.12. The number of aromatic nitrogens is 4. The van der Waals surface area contributed by atoms with E-state index in [-0.39, 0.29) is 29.8 Å². The van der Waals surface area contributed by atoms with Crippen LogP contribution in [0.25, 0.3) is 22.6 Å². The van der Waals surface area contributed by atoms with Gasteiger partial charge in [0, 0.05) is 6.42 Å². The number of hydrogen-bond donors (Lipinski definition) is 4. The molecule has 0 spiro atoms. The van der Waals surface area contributed by atoms with Crippen molar-refractivity contribution >= 4 is 23.1 Å². The van der Waals surface area contributed by atoms with Gasteiger partial charge in [-0.3, -0.25) is 14.4 Å². The van der Waals surface area contributed by atoms with Crippen LogP contribution in [-0.2, 0) is 9.59 Å². The lowest BCUT2D eigenvalue weighted by atomic mass is 9.93. The second-order valence-electron chi connectivity index (χ2n) is 6.03. The highest BCUT2D eigenvalue weighted by Gasteiger charge is 2.23. The quantitative estimate of drug-likeness (QED) is 0.456. The lowest BCUT2D eigenvalue weighted by molar-refractivity contribution is -0.140. The van der Waals surface area contributed by atoms with Gasteiger partial charge in [-0.1, -0.05) is 6.07 Å². The van der Waals surface area contributed by atoms with Gasteiger partial charge in [0.05, 0.1) is 24.4 Å². The minimum absolute atomic E-state index is 0.0517. The van der Waals surface area contributed by atoms with Gasteiger partial charge in [0.1, 0.15) is 11.6 Å². The van der Waals surface area contributed by atoms with Crippen molar-refractivity contribution in [2.75, 3.05) is 6.61 Å². The zero-order chi connectivity index (χ0) is 20.3. The second kappa shape index (κ2) is 7.91. The van der Waals surface area contributed by atoms with E-state index < -0.39 is 23.4 Å². The lowest BCUT2D eigenvalue weighted by Crippen LogP contribution is -2.14. The predicted molar refractivity (Wildman–Crippen MR) is 98.4 cm³/mol. The number of aliphatic carboxylic acids is 2. The van der Waals surface area contributed by atoms with Crippen LogP contribution in [0.3, 0.4) is 0 Å². The second-order valence-corrected chi connectivity index (χ2v) is 6.03. The first-order chi connectivity index (χ1) is 13.4. The molecule has 0 radical (unpaired) electrons. The summed E-state index contributed by atoms with van der Waals surface area (Å²) in [6.07, 6.45) is 1.04. The van der Waals surface area contributed by atoms with Crippen LogP contribution in [0.15, 0.2) is 29.3 Å². The number of carboxylic acid groups (broad SMARTS) is 2. The summed E-state index contributed by atoms with van der Waals surface area (Å²) in [6.45, 7) is 2.07. The SMILES string of the molecule is CCOc1cc([C@H](CCC(=O)O)C(=O)O)ccc1-c1nc2nc[nH]c2c(=O)[nH]1. The summed E-state index contributed by atoms with van der Waals surface area (Å²) in [6, 6.07) is 4.69. The van der Waals surface area contributed by atoms with E-state index in [1.807, 2.05) is 0 Å². The van der Waals surface area contributed by atoms with Gasteiger partial charge in [0.25, 0.3) is 5.56 Å². The van der Waals surface area contributed by atoms with Gasteiger partial charge in [-0.05, 0) is 31.0 Å². The van der Waals surface area contributed by atoms with E-state index in [2.05, 4.69) is 19.9 Å². The lowest BCUT2D eigenvalue weighted by Gasteiger charge is -2.16. The summed E-state index contributed by atoms with van der Waals surface area (Å²) in [4.78, 5) is 48.2. The Morgan fingerprint density at radius 3 is 2.75 bits per heavy atom. The maximum absolute atomic E-state index is 12.2. The zero-order valence-electron chi connectivity index (χ0n) is 14.9. The normalized spacial score (nSPS) is 12.0. The monoisotopic (exact) mass is 386 g/mol. The molecule has 10 nitrogen and oxygen atoms in total. The highest BCUT2D eigenvalue weighted by Crippen LogP contribution is 2.33. The fraction of sp³-hybridized carbons (Fsp3) is 0.278. The topological polar surface area (TPSA) is 158 Å². The third-order valence-electron chi connectivity index (χ3n) is 4.20. The average molecular weight is 386 g/mol. The molecule has 0 aliphatic heterocycles. The highest BCUT2D eigenvalue weighted by atomic mass is 16.5. The van der Waals surface area contributed by atoms with E-state index in [9.17, 15) is 19.5 Å². The summed E-state index contributed by atoms with van der Waals surface area (Å²) in [5, 5.41) is 18.3. The number of nitrogens with one attached hydrogen (secondary N) is 2. The Morgan fingerprint density at radius 1 is 1.29 bits per heavy atom. The van der Waals surface area contributed by atoms with Gasteiger partial charge in [-0.15, -0.1) is 0 Å². The van der Waals surface area contributed by atoms with Gasteiger partial charge < -0.3 is 24.9 Å². The summed E-state index contributed by atoms with van der Waals surface area (Å²) in [5.74, 6) is -2.62. The minimum Gasteiger partial charge on any atom is -0.493 e. The van der Waals surface area contributed by atoms with Gasteiger partial charge >= 0.3 is 11.9 Å². The van der Waals surface area contributed by atoms with E-state index in [0.29, 0.717) is 23.5 Å². The molecular weight excluding hydrogens is 368 g/mol. The summed E-state index contributed by atoms with van der Waals surface area (Å²) < 4.78 is 5.62. The van der Waals surface area contributed by atoms with Gasteiger partial charge in [0.15, 0.2) is 11.2 Å². The number of H-pyrrole nitrogens is 2. The average Bonchev–Trinajstić information content (AvgIpc) is 3.11. The van der Waals surface area contributed by atoms with E-state index in [1.54, 1.807) is 19.1 Å². The number of ether oxygens (including phenoxy) is 1. The van der Waals surface area contributed by atoms with E-state index >= 15 is 0 Å². The Morgan fingerprint density at radius 2 is 2.07 bits per heavy atom. The predicted octanol–water partition coefficient (Wildman–Crippen LogP) is 1.74. The first-order valence-corrected chi connectivity index (χ1v) is 8.55. The Labute approximate surface area is 158 Å². The molecule has 4 N–H and O–H groups in total. The number of carbonyl (C=O) groups is 2. The molecule has 3 aromatic rings. The third kappa shape index (κ3) is 3.85. The summed E-state index contributed by atoms with van der Waals surface area (Å²) in [7, 11) is 0. The number of aromatic amines is 2. The molecule has 0 fully saturated rings. The van der Waals surface area contributed by atoms with Crippen molar-refractivity contribution in [2.45, 2.75) is 25.7 Å². The van der Waals surface area contributed by atoms with Crippen LogP contribution in [0.1, 0.15) is 31.2 Å². The number of benzene rings is 1. The van der Waals surface area contributed by atoms with E-state index in [4.69, 9.17) is 9.84 Å². The number of fused-ring (bicyclic) bond motifs is 1. The number of hydrogen-bond acceptors (Lipinski definition) is 6. The van der Waals surface area contributed by atoms with Gasteiger partial charge in [-0.2, -0.15) is 0 Å². The maximum Gasteiger partial charge on any atom is 0.310 e. The standard InChI is InChI=1S/C18H18N4O6/c1-2-28-12-7-9(10(18(26)27)5-6-13(23)24)3-4-11(12)15-21-16-14(17(25)22-15)19-8-20-16/h3-4,7-8,10H,2,5-6H2,1H3,(H,23,24)(H,26,27)(H2,19,20,21,22,25)/t10-/m0/s1. The molecule has 10 heteroatoms. The molecule has 146 valence electrons. The van der Waals surface area contributed by atoms with Crippen LogP contribution < -0.4 is 10.3 Å². The number of nitrogens with zero attached hydrogens (tertiary/aromatic N) is 2. The summed E-state index contributed by atoms with van der Waals surface area (Å²) >= 11 is 0. The molecule has 3 rings (SSSR count). The Kier molecular flexibility index (Phi) is 5.39. The highest BCUT2D eigenvalue weighted by molar-refractivity contribution is 5.79. The molecule has 0 unspecified atom stereocenters. The van der Waals surface area contributed by atoms with Gasteiger partial charge in [0.2, 0.25) is 0 Å². The fourth-order valence-electron chi connectivity index (χ4n) is 2.90. The molecule has 2 heterocycles. The number of carboxylic acids is 2. The fourth-order valence-corrected chi connectivity index (χ4v) is 2.90. The van der Waals surface area contributed by atoms with E-state index in [1.165, 1.54) is 12.4 Å².